The first-order valence-electron chi connectivity index (χ1n) is 7.36. The predicted molar refractivity (Wildman–Crippen MR) is 83.4 cm³/mol. The molecule has 0 spiro atoms. The Bertz CT molecular complexity index is 692. The fraction of sp³-hybridized carbons (Fsp3) is 0.438. The van der Waals surface area contributed by atoms with E-state index in [-0.39, 0.29) is 11.7 Å². The van der Waals surface area contributed by atoms with Crippen molar-refractivity contribution in [1.82, 2.24) is 10.3 Å². The minimum absolute atomic E-state index is 0.0494. The van der Waals surface area contributed by atoms with Crippen LogP contribution in [0.1, 0.15) is 5.56 Å². The molecule has 3 rings (SSSR count). The van der Waals surface area contributed by atoms with Crippen molar-refractivity contribution < 1.29 is 14.2 Å². The first-order chi connectivity index (χ1) is 10.8. The fourth-order valence-electron chi connectivity index (χ4n) is 2.51. The third-order valence-electron chi connectivity index (χ3n) is 3.70. The molecule has 2 aromatic rings. The zero-order valence-electron chi connectivity index (χ0n) is 12.6. The molecular formula is C16H20N2O4. The van der Waals surface area contributed by atoms with E-state index in [0.29, 0.717) is 38.5 Å². The van der Waals surface area contributed by atoms with Crippen LogP contribution in [0.15, 0.2) is 29.1 Å². The number of hydrogen-bond acceptors (Lipinski definition) is 5. The first kappa shape index (κ1) is 15.0. The summed E-state index contributed by atoms with van der Waals surface area (Å²) in [6, 6.07) is 7.48. The minimum Gasteiger partial charge on any atom is -0.497 e. The summed E-state index contributed by atoms with van der Waals surface area (Å²) < 4.78 is 16.1. The minimum atomic E-state index is -0.0778. The summed E-state index contributed by atoms with van der Waals surface area (Å²) in [5, 5.41) is 4.20. The summed E-state index contributed by atoms with van der Waals surface area (Å²) in [5.41, 5.74) is 1.42. The average molecular weight is 304 g/mol. The molecule has 1 aromatic heterocycles. The standard InChI is InChI=1S/C16H20N2O4/c1-20-13-2-3-15-11(7-13)6-12(16(19)18-15)8-17-9-14-10-21-4-5-22-14/h2-3,6-7,14,17H,4-5,8-10H2,1H3,(H,18,19)/t14-/m0/s1. The van der Waals surface area contributed by atoms with Gasteiger partial charge in [0.15, 0.2) is 0 Å². The zero-order valence-corrected chi connectivity index (χ0v) is 12.6. The van der Waals surface area contributed by atoms with Crippen LogP contribution in [0, 0.1) is 0 Å². The van der Waals surface area contributed by atoms with E-state index in [4.69, 9.17) is 14.2 Å². The maximum atomic E-state index is 12.1. The van der Waals surface area contributed by atoms with Gasteiger partial charge in [0.2, 0.25) is 0 Å². The second kappa shape index (κ2) is 6.91. The van der Waals surface area contributed by atoms with Crippen molar-refractivity contribution >= 4 is 10.9 Å². The van der Waals surface area contributed by atoms with Crippen LogP contribution in [-0.4, -0.2) is 44.6 Å². The Morgan fingerprint density at radius 3 is 3.05 bits per heavy atom. The Hall–Kier alpha value is -1.89. The maximum Gasteiger partial charge on any atom is 0.252 e. The number of hydrogen-bond donors (Lipinski definition) is 2. The van der Waals surface area contributed by atoms with Crippen molar-refractivity contribution in [3.05, 3.63) is 40.2 Å². The van der Waals surface area contributed by atoms with Gasteiger partial charge < -0.3 is 24.5 Å². The predicted octanol–water partition coefficient (Wildman–Crippen LogP) is 1.04. The number of rotatable bonds is 5. The third-order valence-corrected chi connectivity index (χ3v) is 3.70. The van der Waals surface area contributed by atoms with E-state index in [1.54, 1.807) is 7.11 Å². The molecule has 2 heterocycles. The Balaban J connectivity index is 1.69. The van der Waals surface area contributed by atoms with E-state index in [1.807, 2.05) is 24.3 Å². The van der Waals surface area contributed by atoms with Crippen molar-refractivity contribution in [2.75, 3.05) is 33.5 Å². The van der Waals surface area contributed by atoms with Gasteiger partial charge in [-0.3, -0.25) is 4.79 Å². The van der Waals surface area contributed by atoms with Crippen molar-refractivity contribution in [2.45, 2.75) is 12.6 Å². The zero-order chi connectivity index (χ0) is 15.4. The molecule has 2 N–H and O–H groups in total. The maximum absolute atomic E-state index is 12.1. The number of aromatic nitrogens is 1. The highest BCUT2D eigenvalue weighted by Gasteiger charge is 2.13. The molecule has 118 valence electrons. The van der Waals surface area contributed by atoms with Crippen LogP contribution in [-0.2, 0) is 16.0 Å². The van der Waals surface area contributed by atoms with Gasteiger partial charge in [-0.2, -0.15) is 0 Å². The molecule has 1 aromatic carbocycles. The number of fused-ring (bicyclic) bond motifs is 1. The fourth-order valence-corrected chi connectivity index (χ4v) is 2.51. The van der Waals surface area contributed by atoms with E-state index in [1.165, 1.54) is 0 Å². The summed E-state index contributed by atoms with van der Waals surface area (Å²) in [7, 11) is 1.63. The second-order valence-electron chi connectivity index (χ2n) is 5.28. The van der Waals surface area contributed by atoms with Crippen LogP contribution >= 0.6 is 0 Å². The lowest BCUT2D eigenvalue weighted by Crippen LogP contribution is -2.37. The monoisotopic (exact) mass is 304 g/mol. The largest absolute Gasteiger partial charge is 0.497 e. The van der Waals surface area contributed by atoms with E-state index in [9.17, 15) is 4.79 Å². The van der Waals surface area contributed by atoms with Crippen molar-refractivity contribution in [2.24, 2.45) is 0 Å². The number of H-pyrrole nitrogens is 1. The van der Waals surface area contributed by atoms with Crippen LogP contribution in [0.5, 0.6) is 5.75 Å². The van der Waals surface area contributed by atoms with Crippen molar-refractivity contribution in [1.29, 1.82) is 0 Å². The average Bonchev–Trinajstić information content (AvgIpc) is 2.56. The van der Waals surface area contributed by atoms with Gasteiger partial charge in [-0.05, 0) is 24.3 Å². The summed E-state index contributed by atoms with van der Waals surface area (Å²) in [6.45, 7) is 3.03. The van der Waals surface area contributed by atoms with Crippen LogP contribution in [0.2, 0.25) is 0 Å². The molecule has 0 aliphatic carbocycles. The Morgan fingerprint density at radius 2 is 2.27 bits per heavy atom. The summed E-state index contributed by atoms with van der Waals surface area (Å²) in [5.74, 6) is 0.770. The van der Waals surface area contributed by atoms with Crippen LogP contribution in [0.4, 0.5) is 0 Å². The molecule has 1 fully saturated rings. The van der Waals surface area contributed by atoms with Crippen molar-refractivity contribution in [3.63, 3.8) is 0 Å². The summed E-state index contributed by atoms with van der Waals surface area (Å²) in [4.78, 5) is 15.0. The van der Waals surface area contributed by atoms with Crippen LogP contribution in [0.25, 0.3) is 10.9 Å². The molecule has 1 saturated heterocycles. The summed E-state index contributed by atoms with van der Waals surface area (Å²) in [6.07, 6.45) is 0.0494. The number of benzene rings is 1. The highest BCUT2D eigenvalue weighted by Crippen LogP contribution is 2.18. The molecule has 22 heavy (non-hydrogen) atoms. The highest BCUT2D eigenvalue weighted by atomic mass is 16.6. The van der Waals surface area contributed by atoms with Crippen molar-refractivity contribution in [3.8, 4) is 5.75 Å². The molecule has 0 amide bonds. The SMILES string of the molecule is COc1ccc2[nH]c(=O)c(CNC[C@H]3COCCO3)cc2c1. The number of pyridine rings is 1. The second-order valence-corrected chi connectivity index (χ2v) is 5.28. The highest BCUT2D eigenvalue weighted by molar-refractivity contribution is 5.80. The van der Waals surface area contributed by atoms with Gasteiger partial charge in [0.1, 0.15) is 5.75 Å². The molecular weight excluding hydrogens is 284 g/mol. The van der Waals surface area contributed by atoms with Gasteiger partial charge >= 0.3 is 0 Å². The van der Waals surface area contributed by atoms with Gasteiger partial charge in [0, 0.05) is 29.6 Å². The molecule has 6 nitrogen and oxygen atoms in total. The van der Waals surface area contributed by atoms with E-state index in [0.717, 1.165) is 16.7 Å². The first-order valence-corrected chi connectivity index (χ1v) is 7.36. The smallest absolute Gasteiger partial charge is 0.252 e. The summed E-state index contributed by atoms with van der Waals surface area (Å²) >= 11 is 0. The molecule has 1 aliphatic heterocycles. The lowest BCUT2D eigenvalue weighted by molar-refractivity contribution is -0.0864. The van der Waals surface area contributed by atoms with Gasteiger partial charge in [-0.25, -0.2) is 0 Å². The van der Waals surface area contributed by atoms with E-state index in [2.05, 4.69) is 10.3 Å². The lowest BCUT2D eigenvalue weighted by atomic mass is 10.1. The molecule has 0 unspecified atom stereocenters. The number of ether oxygens (including phenoxy) is 3. The topological polar surface area (TPSA) is 72.6 Å². The normalized spacial score (nSPS) is 18.5. The van der Waals surface area contributed by atoms with Gasteiger partial charge in [0.25, 0.3) is 5.56 Å². The molecule has 1 atom stereocenters. The Morgan fingerprint density at radius 1 is 1.36 bits per heavy atom. The number of aromatic amines is 1. The van der Waals surface area contributed by atoms with Crippen LogP contribution in [0.3, 0.4) is 0 Å². The van der Waals surface area contributed by atoms with Gasteiger partial charge in [0.05, 0.1) is 33.0 Å². The third kappa shape index (κ3) is 3.47. The van der Waals surface area contributed by atoms with Gasteiger partial charge in [-0.15, -0.1) is 0 Å². The lowest BCUT2D eigenvalue weighted by Gasteiger charge is -2.23. The quantitative estimate of drug-likeness (QED) is 0.863. The molecule has 0 saturated carbocycles. The molecule has 0 bridgehead atoms. The molecule has 1 aliphatic rings. The Kier molecular flexibility index (Phi) is 4.72. The number of nitrogens with one attached hydrogen (secondary N) is 2. The Labute approximate surface area is 128 Å². The van der Waals surface area contributed by atoms with E-state index >= 15 is 0 Å². The molecule has 6 heteroatoms. The van der Waals surface area contributed by atoms with E-state index < -0.39 is 0 Å². The molecule has 0 radical (unpaired) electrons. The number of methoxy groups -OCH3 is 1. The van der Waals surface area contributed by atoms with Gasteiger partial charge in [-0.1, -0.05) is 0 Å². The van der Waals surface area contributed by atoms with Crippen LogP contribution < -0.4 is 15.6 Å².